The third kappa shape index (κ3) is 3.10. The first-order valence-electron chi connectivity index (χ1n) is 7.60. The molecular weight excluding hydrogens is 266 g/mol. The Balaban J connectivity index is 1.62. The third-order valence-electron chi connectivity index (χ3n) is 3.92. The molecule has 0 atom stereocenters. The van der Waals surface area contributed by atoms with Gasteiger partial charge in [0.05, 0.1) is 0 Å². The third-order valence-corrected chi connectivity index (χ3v) is 3.92. The van der Waals surface area contributed by atoms with Gasteiger partial charge in [0.25, 0.3) is 0 Å². The zero-order valence-electron chi connectivity index (χ0n) is 12.5. The summed E-state index contributed by atoms with van der Waals surface area (Å²) in [5, 5.41) is 4.41. The van der Waals surface area contributed by atoms with E-state index in [0.717, 1.165) is 42.5 Å². The van der Waals surface area contributed by atoms with Crippen molar-refractivity contribution in [3.63, 3.8) is 0 Å². The molecule has 2 aromatic rings. The average Bonchev–Trinajstić information content (AvgIpc) is 2.84. The molecule has 1 heterocycles. The van der Waals surface area contributed by atoms with Crippen LogP contribution >= 0.6 is 0 Å². The molecule has 1 fully saturated rings. The maximum absolute atomic E-state index is 11.3. The lowest BCUT2D eigenvalue weighted by Gasteiger charge is -2.36. The van der Waals surface area contributed by atoms with Gasteiger partial charge in [-0.3, -0.25) is 4.79 Å². The van der Waals surface area contributed by atoms with Crippen molar-refractivity contribution < 1.29 is 13.9 Å². The second kappa shape index (κ2) is 5.90. The van der Waals surface area contributed by atoms with Gasteiger partial charge >= 0.3 is 0 Å². The quantitative estimate of drug-likeness (QED) is 0.826. The molecule has 4 heteroatoms. The van der Waals surface area contributed by atoms with Crippen LogP contribution in [-0.4, -0.2) is 24.5 Å². The normalized spacial score (nSPS) is 21.2. The van der Waals surface area contributed by atoms with E-state index in [0.29, 0.717) is 11.8 Å². The Kier molecular flexibility index (Phi) is 3.97. The fourth-order valence-electron chi connectivity index (χ4n) is 2.64. The molecule has 1 aliphatic rings. The van der Waals surface area contributed by atoms with E-state index in [4.69, 9.17) is 9.15 Å². The highest BCUT2D eigenvalue weighted by atomic mass is 16.5. The Labute approximate surface area is 124 Å². The summed E-state index contributed by atoms with van der Waals surface area (Å²) in [5.74, 6) is 1.18. The van der Waals surface area contributed by atoms with Gasteiger partial charge in [0.15, 0.2) is 11.5 Å². The van der Waals surface area contributed by atoms with Crippen molar-refractivity contribution in [2.45, 2.75) is 45.3 Å². The topological polar surface area (TPSA) is 51.5 Å². The van der Waals surface area contributed by atoms with Gasteiger partial charge in [-0.25, -0.2) is 0 Å². The molecule has 0 saturated heterocycles. The number of hydrogen-bond donors (Lipinski definition) is 1. The summed E-state index contributed by atoms with van der Waals surface area (Å²) in [7, 11) is 0. The van der Waals surface area contributed by atoms with Gasteiger partial charge in [-0.1, -0.05) is 6.92 Å². The van der Waals surface area contributed by atoms with Gasteiger partial charge < -0.3 is 14.5 Å². The summed E-state index contributed by atoms with van der Waals surface area (Å²) in [6, 6.07) is 8.08. The van der Waals surface area contributed by atoms with Crippen LogP contribution in [0.1, 0.15) is 43.7 Å². The van der Waals surface area contributed by atoms with E-state index in [1.807, 2.05) is 18.2 Å². The second-order valence-corrected chi connectivity index (χ2v) is 5.73. The minimum atomic E-state index is -0.0579. The molecule has 0 spiro atoms. The van der Waals surface area contributed by atoms with Gasteiger partial charge in [-0.05, 0) is 50.1 Å². The van der Waals surface area contributed by atoms with Crippen molar-refractivity contribution in [2.75, 3.05) is 6.54 Å². The highest BCUT2D eigenvalue weighted by Gasteiger charge is 2.30. The van der Waals surface area contributed by atoms with Gasteiger partial charge in [0.1, 0.15) is 17.4 Å². The predicted octanol–water partition coefficient (Wildman–Crippen LogP) is 3.54. The lowest BCUT2D eigenvalue weighted by atomic mass is 9.89. The Morgan fingerprint density at radius 2 is 2.19 bits per heavy atom. The van der Waals surface area contributed by atoms with Crippen molar-refractivity contribution in [3.05, 3.63) is 30.0 Å². The molecular formula is C17H21NO3. The van der Waals surface area contributed by atoms with E-state index in [1.54, 1.807) is 6.07 Å². The Morgan fingerprint density at radius 1 is 1.38 bits per heavy atom. The molecule has 4 nitrogen and oxygen atoms in total. The summed E-state index contributed by atoms with van der Waals surface area (Å²) in [5.41, 5.74) is 0.726. The highest BCUT2D eigenvalue weighted by molar-refractivity contribution is 5.96. The molecule has 0 aliphatic heterocycles. The first kappa shape index (κ1) is 14.1. The highest BCUT2D eigenvalue weighted by Crippen LogP contribution is 2.29. The van der Waals surface area contributed by atoms with Crippen molar-refractivity contribution >= 4 is 16.8 Å². The standard InChI is InChI=1S/C17H21NO3/c1-3-6-18-13-9-15(10-13)20-14-4-5-16-12(7-14)8-17(21-16)11(2)19/h4-5,7-8,13,15,18H,3,6,9-10H2,1-2H3. The number of Topliss-reactive ketones (excluding diaryl/α,β-unsaturated/α-hetero) is 1. The number of furan rings is 1. The summed E-state index contributed by atoms with van der Waals surface area (Å²) < 4.78 is 11.4. The van der Waals surface area contributed by atoms with Gasteiger partial charge in [-0.2, -0.15) is 0 Å². The maximum atomic E-state index is 11.3. The monoisotopic (exact) mass is 287 g/mol. The van der Waals surface area contributed by atoms with E-state index in [1.165, 1.54) is 6.92 Å². The van der Waals surface area contributed by atoms with Crippen LogP contribution in [-0.2, 0) is 0 Å². The first-order valence-corrected chi connectivity index (χ1v) is 7.60. The molecule has 0 amide bonds. The lowest BCUT2D eigenvalue weighted by molar-refractivity contribution is 0.0854. The minimum Gasteiger partial charge on any atom is -0.490 e. The van der Waals surface area contributed by atoms with Crippen LogP contribution in [0.25, 0.3) is 11.0 Å². The number of ketones is 1. The molecule has 112 valence electrons. The molecule has 0 radical (unpaired) electrons. The van der Waals surface area contributed by atoms with E-state index < -0.39 is 0 Å². The van der Waals surface area contributed by atoms with Crippen LogP contribution in [0.15, 0.2) is 28.7 Å². The van der Waals surface area contributed by atoms with Crippen molar-refractivity contribution in [1.29, 1.82) is 0 Å². The number of carbonyl (C=O) groups is 1. The number of rotatable bonds is 6. The number of fused-ring (bicyclic) bond motifs is 1. The molecule has 1 aliphatic carbocycles. The number of nitrogens with one attached hydrogen (secondary N) is 1. The zero-order valence-corrected chi connectivity index (χ0v) is 12.5. The van der Waals surface area contributed by atoms with E-state index >= 15 is 0 Å². The van der Waals surface area contributed by atoms with Crippen LogP contribution in [0, 0.1) is 0 Å². The molecule has 0 unspecified atom stereocenters. The average molecular weight is 287 g/mol. The van der Waals surface area contributed by atoms with Crippen LogP contribution in [0.2, 0.25) is 0 Å². The first-order chi connectivity index (χ1) is 10.2. The van der Waals surface area contributed by atoms with Crippen LogP contribution < -0.4 is 10.1 Å². The fourth-order valence-corrected chi connectivity index (χ4v) is 2.64. The number of hydrogen-bond acceptors (Lipinski definition) is 4. The fraction of sp³-hybridized carbons (Fsp3) is 0.471. The van der Waals surface area contributed by atoms with Crippen molar-refractivity contribution in [3.8, 4) is 5.75 Å². The number of benzene rings is 1. The van der Waals surface area contributed by atoms with Gasteiger partial charge in [-0.15, -0.1) is 0 Å². The molecule has 21 heavy (non-hydrogen) atoms. The number of carbonyl (C=O) groups excluding carboxylic acids is 1. The van der Waals surface area contributed by atoms with Gasteiger partial charge in [0.2, 0.25) is 0 Å². The minimum absolute atomic E-state index is 0.0579. The van der Waals surface area contributed by atoms with Crippen LogP contribution in [0.4, 0.5) is 0 Å². The zero-order chi connectivity index (χ0) is 14.8. The molecule has 3 rings (SSSR count). The smallest absolute Gasteiger partial charge is 0.194 e. The Bertz CT molecular complexity index is 641. The molecule has 1 saturated carbocycles. The molecule has 1 N–H and O–H groups in total. The van der Waals surface area contributed by atoms with Gasteiger partial charge in [0, 0.05) is 18.4 Å². The lowest BCUT2D eigenvalue weighted by Crippen LogP contribution is -2.46. The van der Waals surface area contributed by atoms with Crippen LogP contribution in [0.3, 0.4) is 0 Å². The maximum Gasteiger partial charge on any atom is 0.194 e. The second-order valence-electron chi connectivity index (χ2n) is 5.73. The van der Waals surface area contributed by atoms with Crippen molar-refractivity contribution in [1.82, 2.24) is 5.32 Å². The molecule has 0 bridgehead atoms. The van der Waals surface area contributed by atoms with E-state index in [9.17, 15) is 4.79 Å². The van der Waals surface area contributed by atoms with Crippen molar-refractivity contribution in [2.24, 2.45) is 0 Å². The number of ether oxygens (including phenoxy) is 1. The van der Waals surface area contributed by atoms with E-state index in [-0.39, 0.29) is 11.9 Å². The molecule has 1 aromatic heterocycles. The van der Waals surface area contributed by atoms with E-state index in [2.05, 4.69) is 12.2 Å². The Hall–Kier alpha value is -1.81. The summed E-state index contributed by atoms with van der Waals surface area (Å²) in [6.45, 7) is 4.76. The Morgan fingerprint density at radius 3 is 2.90 bits per heavy atom. The summed E-state index contributed by atoms with van der Waals surface area (Å²) >= 11 is 0. The molecule has 1 aromatic carbocycles. The van der Waals surface area contributed by atoms with Crippen LogP contribution in [0.5, 0.6) is 5.75 Å². The summed E-state index contributed by atoms with van der Waals surface area (Å²) in [4.78, 5) is 11.3. The predicted molar refractivity (Wildman–Crippen MR) is 82.0 cm³/mol. The largest absolute Gasteiger partial charge is 0.490 e. The SMILES string of the molecule is CCCNC1CC(Oc2ccc3oc(C(C)=O)cc3c2)C1. The summed E-state index contributed by atoms with van der Waals surface area (Å²) in [6.07, 6.45) is 3.57.